The minimum absolute atomic E-state index is 0.0763. The molecule has 3 N–H and O–H groups in total. The lowest BCUT2D eigenvalue weighted by molar-refractivity contribution is -0.127. The van der Waals surface area contributed by atoms with Crippen molar-refractivity contribution in [2.24, 2.45) is 0 Å². The molecule has 0 spiro atoms. The fraction of sp³-hybridized carbons (Fsp3) is 0.333. The Morgan fingerprint density at radius 1 is 0.927 bits per heavy atom. The van der Waals surface area contributed by atoms with Crippen molar-refractivity contribution in [3.8, 4) is 0 Å². The van der Waals surface area contributed by atoms with Crippen LogP contribution in [0.5, 0.6) is 0 Å². The van der Waals surface area contributed by atoms with Gasteiger partial charge in [-0.1, -0.05) is 103 Å². The molecule has 1 unspecified atom stereocenters. The van der Waals surface area contributed by atoms with Crippen LogP contribution < -0.4 is 10.6 Å². The van der Waals surface area contributed by atoms with E-state index in [0.717, 1.165) is 42.1 Å². The van der Waals surface area contributed by atoms with Crippen molar-refractivity contribution in [1.82, 2.24) is 15.6 Å². The third-order valence-electron chi connectivity index (χ3n) is 8.27. The SMILES string of the molecule is CC(Cc1c[nH]c2ccccc12)(NC(=O)OCc1cccc(Cl)c1Cl)C(=O)NCC1(c2ccccc2)CCCCC1. The third-order valence-corrected chi connectivity index (χ3v) is 9.13. The van der Waals surface area contributed by atoms with E-state index >= 15 is 0 Å². The predicted molar refractivity (Wildman–Crippen MR) is 164 cm³/mol. The minimum Gasteiger partial charge on any atom is -0.445 e. The summed E-state index contributed by atoms with van der Waals surface area (Å²) in [6.45, 7) is 2.16. The molecule has 1 saturated carbocycles. The zero-order chi connectivity index (χ0) is 28.9. The van der Waals surface area contributed by atoms with Gasteiger partial charge < -0.3 is 20.4 Å². The maximum atomic E-state index is 14.0. The molecule has 0 saturated heterocycles. The zero-order valence-electron chi connectivity index (χ0n) is 23.1. The van der Waals surface area contributed by atoms with Gasteiger partial charge in [0.15, 0.2) is 0 Å². The Kier molecular flexibility index (Phi) is 8.91. The molecule has 0 radical (unpaired) electrons. The second-order valence-corrected chi connectivity index (χ2v) is 12.0. The Bertz CT molecular complexity index is 1510. The van der Waals surface area contributed by atoms with Crippen LogP contribution in [0.25, 0.3) is 10.9 Å². The Balaban J connectivity index is 1.37. The van der Waals surface area contributed by atoms with E-state index in [1.165, 1.54) is 12.0 Å². The Morgan fingerprint density at radius 3 is 2.44 bits per heavy atom. The highest BCUT2D eigenvalue weighted by molar-refractivity contribution is 6.42. The highest BCUT2D eigenvalue weighted by atomic mass is 35.5. The van der Waals surface area contributed by atoms with Gasteiger partial charge in [-0.05, 0) is 43.0 Å². The number of fused-ring (bicyclic) bond motifs is 1. The third kappa shape index (κ3) is 6.55. The predicted octanol–water partition coefficient (Wildman–Crippen LogP) is 7.72. The maximum Gasteiger partial charge on any atom is 0.408 e. The van der Waals surface area contributed by atoms with E-state index in [1.807, 2.05) is 36.5 Å². The quantitative estimate of drug-likeness (QED) is 0.186. The summed E-state index contributed by atoms with van der Waals surface area (Å²) >= 11 is 12.4. The van der Waals surface area contributed by atoms with Gasteiger partial charge in [-0.2, -0.15) is 0 Å². The largest absolute Gasteiger partial charge is 0.445 e. The molecule has 3 aromatic carbocycles. The number of alkyl carbamates (subject to hydrolysis) is 1. The minimum atomic E-state index is -1.28. The molecule has 0 bridgehead atoms. The molecule has 2 amide bonds. The second kappa shape index (κ2) is 12.6. The van der Waals surface area contributed by atoms with Gasteiger partial charge in [0, 0.05) is 41.0 Å². The fourth-order valence-electron chi connectivity index (χ4n) is 5.94. The van der Waals surface area contributed by atoms with E-state index in [2.05, 4.69) is 39.9 Å². The molecular weight excluding hydrogens is 557 g/mol. The number of benzene rings is 3. The molecule has 1 heterocycles. The molecule has 8 heteroatoms. The number of H-pyrrole nitrogens is 1. The van der Waals surface area contributed by atoms with Crippen molar-refractivity contribution in [2.45, 2.75) is 63.0 Å². The van der Waals surface area contributed by atoms with Gasteiger partial charge >= 0.3 is 6.09 Å². The molecule has 5 rings (SSSR count). The van der Waals surface area contributed by atoms with Crippen LogP contribution in [0.2, 0.25) is 10.0 Å². The van der Waals surface area contributed by atoms with Crippen LogP contribution >= 0.6 is 23.2 Å². The molecule has 1 fully saturated rings. The average molecular weight is 593 g/mol. The van der Waals surface area contributed by atoms with Gasteiger partial charge in [-0.25, -0.2) is 4.79 Å². The molecule has 0 aliphatic heterocycles. The molecule has 4 aromatic rings. The van der Waals surface area contributed by atoms with Crippen molar-refractivity contribution in [1.29, 1.82) is 0 Å². The molecule has 1 aliphatic carbocycles. The van der Waals surface area contributed by atoms with Gasteiger partial charge in [0.1, 0.15) is 12.1 Å². The van der Waals surface area contributed by atoms with Crippen LogP contribution in [0.15, 0.2) is 79.0 Å². The summed E-state index contributed by atoms with van der Waals surface area (Å²) in [5, 5.41) is 7.82. The van der Waals surface area contributed by atoms with E-state index in [1.54, 1.807) is 25.1 Å². The van der Waals surface area contributed by atoms with Crippen molar-refractivity contribution in [3.05, 3.63) is 106 Å². The number of aromatic amines is 1. The van der Waals surface area contributed by atoms with Gasteiger partial charge in [0.25, 0.3) is 0 Å². The monoisotopic (exact) mass is 591 g/mol. The summed E-state index contributed by atoms with van der Waals surface area (Å²) in [7, 11) is 0. The smallest absolute Gasteiger partial charge is 0.408 e. The summed E-state index contributed by atoms with van der Waals surface area (Å²) in [5.41, 5.74) is 2.29. The van der Waals surface area contributed by atoms with E-state index < -0.39 is 11.6 Å². The summed E-state index contributed by atoms with van der Waals surface area (Å²) < 4.78 is 5.52. The standard InChI is InChI=1S/C33H35Cl2N3O3/c1-32(19-24-20-36-28-16-7-6-14-26(24)28,38-31(40)41-21-23-11-10-15-27(34)29(23)35)30(39)37-22-33(17-8-3-9-18-33)25-12-4-2-5-13-25/h2,4-7,10-16,20,36H,3,8-9,17-19,21-22H2,1H3,(H,37,39)(H,38,40). The van der Waals surface area contributed by atoms with Crippen LogP contribution in [0, 0.1) is 0 Å². The number of nitrogens with one attached hydrogen (secondary N) is 3. The number of carbonyl (C=O) groups excluding carboxylic acids is 2. The number of aromatic nitrogens is 1. The first-order chi connectivity index (χ1) is 19.8. The van der Waals surface area contributed by atoms with Gasteiger partial charge in [0.2, 0.25) is 5.91 Å². The molecule has 6 nitrogen and oxygen atoms in total. The summed E-state index contributed by atoms with van der Waals surface area (Å²) in [6.07, 6.45) is 6.90. The van der Waals surface area contributed by atoms with Crippen LogP contribution in [0.3, 0.4) is 0 Å². The zero-order valence-corrected chi connectivity index (χ0v) is 24.7. The number of ether oxygens (including phenoxy) is 1. The molecule has 41 heavy (non-hydrogen) atoms. The van der Waals surface area contributed by atoms with E-state index in [-0.39, 0.29) is 24.3 Å². The number of hydrogen-bond acceptors (Lipinski definition) is 3. The van der Waals surface area contributed by atoms with Crippen molar-refractivity contribution >= 4 is 46.1 Å². The van der Waals surface area contributed by atoms with E-state index in [4.69, 9.17) is 27.9 Å². The number of carbonyl (C=O) groups is 2. The van der Waals surface area contributed by atoms with Crippen LogP contribution in [0.1, 0.15) is 55.7 Å². The molecular formula is C33H35Cl2N3O3. The highest BCUT2D eigenvalue weighted by Crippen LogP contribution is 2.39. The first-order valence-electron chi connectivity index (χ1n) is 14.1. The number of amides is 2. The number of hydrogen-bond donors (Lipinski definition) is 3. The van der Waals surface area contributed by atoms with Crippen molar-refractivity contribution < 1.29 is 14.3 Å². The van der Waals surface area contributed by atoms with Gasteiger partial charge in [0.05, 0.1) is 10.0 Å². The first kappa shape index (κ1) is 29.0. The van der Waals surface area contributed by atoms with E-state index in [0.29, 0.717) is 22.2 Å². The summed E-state index contributed by atoms with van der Waals surface area (Å²) in [6, 6.07) is 23.5. The topological polar surface area (TPSA) is 83.2 Å². The van der Waals surface area contributed by atoms with Crippen LogP contribution in [-0.4, -0.2) is 29.1 Å². The number of para-hydroxylation sites is 1. The highest BCUT2D eigenvalue weighted by Gasteiger charge is 2.40. The Hall–Kier alpha value is -3.48. The first-order valence-corrected chi connectivity index (χ1v) is 14.8. The number of halogens is 2. The lowest BCUT2D eigenvalue weighted by atomic mass is 9.69. The van der Waals surface area contributed by atoms with E-state index in [9.17, 15) is 9.59 Å². The maximum absolute atomic E-state index is 14.0. The number of rotatable bonds is 9. The van der Waals surface area contributed by atoms with Gasteiger partial charge in [-0.15, -0.1) is 0 Å². The van der Waals surface area contributed by atoms with Crippen molar-refractivity contribution in [2.75, 3.05) is 6.54 Å². The molecule has 1 aliphatic rings. The van der Waals surface area contributed by atoms with Crippen LogP contribution in [0.4, 0.5) is 4.79 Å². The van der Waals surface area contributed by atoms with Gasteiger partial charge in [-0.3, -0.25) is 4.79 Å². The lowest BCUT2D eigenvalue weighted by Crippen LogP contribution is -2.59. The molecule has 1 atom stereocenters. The average Bonchev–Trinajstić information content (AvgIpc) is 3.40. The molecule has 214 valence electrons. The fourth-order valence-corrected chi connectivity index (χ4v) is 6.31. The molecule has 1 aromatic heterocycles. The lowest BCUT2D eigenvalue weighted by Gasteiger charge is -2.39. The van der Waals surface area contributed by atoms with Crippen LogP contribution in [-0.2, 0) is 28.0 Å². The second-order valence-electron chi connectivity index (χ2n) is 11.2. The summed E-state index contributed by atoms with van der Waals surface area (Å²) in [5.74, 6) is -0.263. The van der Waals surface area contributed by atoms with Crippen molar-refractivity contribution in [3.63, 3.8) is 0 Å². The summed E-state index contributed by atoms with van der Waals surface area (Å²) in [4.78, 5) is 30.4. The Morgan fingerprint density at radius 2 is 1.66 bits per heavy atom. The normalized spacial score (nSPS) is 16.1. The Labute approximate surface area is 250 Å².